The number of rotatable bonds is 13. The molecule has 1 aromatic rings. The SMILES string of the molecule is CC(O)C(NC(=O)C(Cc1ccccc1)NC(=O)C(NC(=O)C(N)CC(N)=O)C(C)O)C(=O)O. The number of hydrogen-bond acceptors (Lipinski definition) is 8. The van der Waals surface area contributed by atoms with Crippen LogP contribution in [0.4, 0.5) is 0 Å². The minimum atomic E-state index is -1.64. The molecule has 1 aromatic carbocycles. The van der Waals surface area contributed by atoms with Gasteiger partial charge in [-0.2, -0.15) is 0 Å². The quantitative estimate of drug-likeness (QED) is 0.141. The second kappa shape index (κ2) is 13.2. The largest absolute Gasteiger partial charge is 0.480 e. The summed E-state index contributed by atoms with van der Waals surface area (Å²) in [7, 11) is 0. The fourth-order valence-corrected chi connectivity index (χ4v) is 2.94. The third kappa shape index (κ3) is 9.13. The molecule has 0 bridgehead atoms. The molecule has 10 N–H and O–H groups in total. The van der Waals surface area contributed by atoms with Gasteiger partial charge in [-0.1, -0.05) is 30.3 Å². The predicted octanol–water partition coefficient (Wildman–Crippen LogP) is -3.27. The lowest BCUT2D eigenvalue weighted by Gasteiger charge is -2.27. The molecule has 13 nitrogen and oxygen atoms in total. The molecule has 0 radical (unpaired) electrons. The summed E-state index contributed by atoms with van der Waals surface area (Å²) in [5, 5.41) is 35.6. The van der Waals surface area contributed by atoms with Gasteiger partial charge in [0.1, 0.15) is 12.1 Å². The molecule has 0 aliphatic rings. The average molecular weight is 482 g/mol. The van der Waals surface area contributed by atoms with E-state index >= 15 is 0 Å². The molecular weight excluding hydrogens is 450 g/mol. The third-order valence-electron chi connectivity index (χ3n) is 4.78. The number of primary amides is 1. The number of benzene rings is 1. The number of amides is 4. The van der Waals surface area contributed by atoms with Gasteiger partial charge < -0.3 is 42.7 Å². The summed E-state index contributed by atoms with van der Waals surface area (Å²) in [5.41, 5.74) is 11.2. The van der Waals surface area contributed by atoms with Crippen LogP contribution < -0.4 is 27.4 Å². The van der Waals surface area contributed by atoms with Crippen molar-refractivity contribution in [2.75, 3.05) is 0 Å². The van der Waals surface area contributed by atoms with Crippen LogP contribution in [0.3, 0.4) is 0 Å². The van der Waals surface area contributed by atoms with Crippen molar-refractivity contribution < 1.29 is 39.3 Å². The highest BCUT2D eigenvalue weighted by Crippen LogP contribution is 2.06. The van der Waals surface area contributed by atoms with E-state index in [2.05, 4.69) is 16.0 Å². The minimum Gasteiger partial charge on any atom is -0.480 e. The average Bonchev–Trinajstić information content (AvgIpc) is 2.74. The summed E-state index contributed by atoms with van der Waals surface area (Å²) in [4.78, 5) is 60.2. The van der Waals surface area contributed by atoms with Crippen LogP contribution in [0, 0.1) is 0 Å². The van der Waals surface area contributed by atoms with Gasteiger partial charge in [-0.3, -0.25) is 19.2 Å². The van der Waals surface area contributed by atoms with Crippen LogP contribution in [0.5, 0.6) is 0 Å². The fourth-order valence-electron chi connectivity index (χ4n) is 2.94. The zero-order valence-corrected chi connectivity index (χ0v) is 18.8. The van der Waals surface area contributed by atoms with E-state index in [0.717, 1.165) is 0 Å². The number of aliphatic carboxylic acids is 1. The van der Waals surface area contributed by atoms with Crippen molar-refractivity contribution in [1.82, 2.24) is 16.0 Å². The minimum absolute atomic E-state index is 0.0633. The second-order valence-electron chi connectivity index (χ2n) is 7.82. The first-order chi connectivity index (χ1) is 15.8. The molecule has 13 heteroatoms. The normalized spacial score (nSPS) is 16.1. The Morgan fingerprint density at radius 3 is 1.85 bits per heavy atom. The number of nitrogens with two attached hydrogens (primary N) is 2. The maximum Gasteiger partial charge on any atom is 0.328 e. The van der Waals surface area contributed by atoms with Crippen molar-refractivity contribution >= 4 is 29.6 Å². The van der Waals surface area contributed by atoms with Crippen LogP contribution in [0.2, 0.25) is 0 Å². The van der Waals surface area contributed by atoms with Gasteiger partial charge >= 0.3 is 5.97 Å². The van der Waals surface area contributed by atoms with E-state index < -0.39 is 72.4 Å². The first-order valence-corrected chi connectivity index (χ1v) is 10.4. The zero-order valence-electron chi connectivity index (χ0n) is 18.8. The number of hydrogen-bond donors (Lipinski definition) is 8. The van der Waals surface area contributed by atoms with Crippen molar-refractivity contribution in [1.29, 1.82) is 0 Å². The van der Waals surface area contributed by atoms with E-state index in [-0.39, 0.29) is 6.42 Å². The van der Waals surface area contributed by atoms with Crippen molar-refractivity contribution in [2.45, 2.75) is 63.1 Å². The lowest BCUT2D eigenvalue weighted by Crippen LogP contribution is -2.61. The summed E-state index contributed by atoms with van der Waals surface area (Å²) in [6.07, 6.45) is -3.40. The Labute approximate surface area is 195 Å². The van der Waals surface area contributed by atoms with Gasteiger partial charge in [-0.15, -0.1) is 0 Å². The number of carbonyl (C=O) groups excluding carboxylic acids is 4. The van der Waals surface area contributed by atoms with Gasteiger partial charge in [0.25, 0.3) is 0 Å². The topological polar surface area (TPSA) is 234 Å². The molecule has 34 heavy (non-hydrogen) atoms. The highest BCUT2D eigenvalue weighted by Gasteiger charge is 2.33. The van der Waals surface area contributed by atoms with E-state index in [0.29, 0.717) is 5.56 Å². The number of aliphatic hydroxyl groups excluding tert-OH is 2. The predicted molar refractivity (Wildman–Crippen MR) is 119 cm³/mol. The molecule has 0 aromatic heterocycles. The van der Waals surface area contributed by atoms with Crippen molar-refractivity contribution in [3.8, 4) is 0 Å². The van der Waals surface area contributed by atoms with Crippen LogP contribution in [0.25, 0.3) is 0 Å². The number of carboxylic acid groups (broad SMARTS) is 1. The summed E-state index contributed by atoms with van der Waals surface area (Å²) in [6, 6.07) is 2.59. The Balaban J connectivity index is 3.09. The highest BCUT2D eigenvalue weighted by atomic mass is 16.4. The Bertz CT molecular complexity index is 877. The molecule has 0 aliphatic heterocycles. The van der Waals surface area contributed by atoms with E-state index in [1.807, 2.05) is 0 Å². The third-order valence-corrected chi connectivity index (χ3v) is 4.78. The van der Waals surface area contributed by atoms with Gasteiger partial charge in [0.2, 0.25) is 23.6 Å². The Morgan fingerprint density at radius 2 is 1.38 bits per heavy atom. The monoisotopic (exact) mass is 481 g/mol. The van der Waals surface area contributed by atoms with Gasteiger partial charge in [-0.05, 0) is 19.4 Å². The van der Waals surface area contributed by atoms with E-state index in [1.54, 1.807) is 30.3 Å². The first kappa shape index (κ1) is 28.5. The Kier molecular flexibility index (Phi) is 11.1. The summed E-state index contributed by atoms with van der Waals surface area (Å²) in [6.45, 7) is 2.39. The first-order valence-electron chi connectivity index (χ1n) is 10.4. The molecule has 6 unspecified atom stereocenters. The molecule has 6 atom stereocenters. The van der Waals surface area contributed by atoms with E-state index in [1.165, 1.54) is 13.8 Å². The lowest BCUT2D eigenvalue weighted by atomic mass is 10.0. The molecule has 0 aliphatic carbocycles. The molecule has 0 heterocycles. The van der Waals surface area contributed by atoms with Crippen molar-refractivity contribution in [3.63, 3.8) is 0 Å². The highest BCUT2D eigenvalue weighted by molar-refractivity contribution is 5.95. The van der Waals surface area contributed by atoms with E-state index in [9.17, 15) is 39.3 Å². The molecule has 0 spiro atoms. The fraction of sp³-hybridized carbons (Fsp3) is 0.476. The number of nitrogens with one attached hydrogen (secondary N) is 3. The van der Waals surface area contributed by atoms with Crippen LogP contribution >= 0.6 is 0 Å². The van der Waals surface area contributed by atoms with Gasteiger partial charge in [0.15, 0.2) is 6.04 Å². The molecule has 4 amide bonds. The number of aliphatic hydroxyl groups is 2. The number of carbonyl (C=O) groups is 5. The van der Waals surface area contributed by atoms with Crippen LogP contribution in [0.15, 0.2) is 30.3 Å². The van der Waals surface area contributed by atoms with Gasteiger partial charge in [0, 0.05) is 6.42 Å². The molecule has 0 fully saturated rings. The molecule has 0 saturated heterocycles. The van der Waals surface area contributed by atoms with Gasteiger partial charge in [-0.25, -0.2) is 4.79 Å². The zero-order chi connectivity index (χ0) is 26.0. The maximum absolute atomic E-state index is 12.9. The summed E-state index contributed by atoms with van der Waals surface area (Å²) in [5.74, 6) is -5.12. The van der Waals surface area contributed by atoms with Crippen LogP contribution in [-0.2, 0) is 30.4 Å². The summed E-state index contributed by atoms with van der Waals surface area (Å²) >= 11 is 0. The molecule has 1 rings (SSSR count). The van der Waals surface area contributed by atoms with E-state index in [4.69, 9.17) is 11.5 Å². The second-order valence-corrected chi connectivity index (χ2v) is 7.82. The van der Waals surface area contributed by atoms with Crippen LogP contribution in [0.1, 0.15) is 25.8 Å². The maximum atomic E-state index is 12.9. The molecule has 188 valence electrons. The van der Waals surface area contributed by atoms with Gasteiger partial charge in [0.05, 0.1) is 24.7 Å². The lowest BCUT2D eigenvalue weighted by molar-refractivity contribution is -0.145. The molecular formula is C21H31N5O8. The Hall–Kier alpha value is -3.55. The van der Waals surface area contributed by atoms with Crippen molar-refractivity contribution in [2.24, 2.45) is 11.5 Å². The molecule has 0 saturated carbocycles. The van der Waals surface area contributed by atoms with Crippen LogP contribution in [-0.4, -0.2) is 81.3 Å². The number of carboxylic acids is 1. The van der Waals surface area contributed by atoms with Crippen molar-refractivity contribution in [3.05, 3.63) is 35.9 Å². The summed E-state index contributed by atoms with van der Waals surface area (Å²) < 4.78 is 0. The smallest absolute Gasteiger partial charge is 0.328 e. The Morgan fingerprint density at radius 1 is 0.853 bits per heavy atom. The standard InChI is InChI=1S/C21H31N5O8/c1-10(27)16(25-18(30)13(22)9-15(23)29)20(32)24-14(8-12-6-4-3-5-7-12)19(31)26-17(11(2)28)21(33)34/h3-7,10-11,13-14,16-17,27-28H,8-9,22H2,1-2H3,(H2,23,29)(H,24,32)(H,25,30)(H,26,31)(H,33,34).